The molecule has 0 bridgehead atoms. The third kappa shape index (κ3) is 1.50. The van der Waals surface area contributed by atoms with Gasteiger partial charge in [0.1, 0.15) is 16.7 Å². The van der Waals surface area contributed by atoms with E-state index in [4.69, 9.17) is 22.8 Å². The van der Waals surface area contributed by atoms with Gasteiger partial charge in [0.25, 0.3) is 0 Å². The van der Waals surface area contributed by atoms with Gasteiger partial charge in [-0.05, 0) is 57.5 Å². The van der Waals surface area contributed by atoms with E-state index < -0.39 is 0 Å². The number of halogens is 1. The molecule has 5 nitrogen and oxygen atoms in total. The van der Waals surface area contributed by atoms with E-state index >= 15 is 0 Å². The molecule has 0 aliphatic heterocycles. The smallest absolute Gasteiger partial charge is 0.149 e. The number of aryl methyl sites for hydroxylation is 1. The average molecular weight is 370 g/mol. The van der Waals surface area contributed by atoms with E-state index in [1.165, 1.54) is 0 Å². The lowest BCUT2D eigenvalue weighted by Gasteiger charge is -2.08. The van der Waals surface area contributed by atoms with Crippen LogP contribution in [0.25, 0.3) is 21.8 Å². The molecule has 90 valence electrons. The average Bonchev–Trinajstić information content (AvgIpc) is 2.82. The Kier molecular flexibility index (Phi) is 2.67. The van der Waals surface area contributed by atoms with Gasteiger partial charge in [-0.25, -0.2) is 4.63 Å². The zero-order chi connectivity index (χ0) is 12.9. The highest BCUT2D eigenvalue weighted by Gasteiger charge is 2.15. The summed E-state index contributed by atoms with van der Waals surface area (Å²) in [6, 6.07) is 3.90. The number of nitrogen functional groups attached to an aromatic ring is 1. The first-order chi connectivity index (χ1) is 8.63. The Morgan fingerprint density at radius 1 is 1.28 bits per heavy atom. The fraction of sp³-hybridized carbons (Fsp3) is 0.0909. The van der Waals surface area contributed by atoms with E-state index in [0.717, 1.165) is 25.4 Å². The molecule has 0 aliphatic carbocycles. The van der Waals surface area contributed by atoms with E-state index in [1.807, 2.05) is 19.1 Å². The molecule has 1 heterocycles. The third-order valence-electron chi connectivity index (χ3n) is 2.90. The number of anilines is 1. The predicted octanol–water partition coefficient (Wildman–Crippen LogP) is 3.23. The highest BCUT2D eigenvalue weighted by atomic mass is 127. The lowest BCUT2D eigenvalue weighted by atomic mass is 10.0. The molecule has 3 rings (SSSR count). The molecule has 0 atom stereocenters. The number of nitrogens with two attached hydrogens (primary N) is 1. The summed E-state index contributed by atoms with van der Waals surface area (Å²) in [5, 5.41) is 9.61. The van der Waals surface area contributed by atoms with Crippen molar-refractivity contribution in [1.29, 1.82) is 0 Å². The summed E-state index contributed by atoms with van der Waals surface area (Å²) in [5.41, 5.74) is 9.70. The van der Waals surface area contributed by atoms with Crippen molar-refractivity contribution >= 4 is 68.2 Å². The van der Waals surface area contributed by atoms with Gasteiger partial charge >= 0.3 is 0 Å². The number of benzene rings is 2. The number of nitrogens with zero attached hydrogens (tertiary/aromatic N) is 3. The van der Waals surface area contributed by atoms with Crippen molar-refractivity contribution in [3.05, 3.63) is 21.3 Å². The zero-order valence-electron chi connectivity index (χ0n) is 9.27. The molecule has 0 aliphatic rings. The quantitative estimate of drug-likeness (QED) is 0.526. The maximum atomic E-state index is 6.12. The van der Waals surface area contributed by atoms with Gasteiger partial charge in [0, 0.05) is 26.8 Å². The van der Waals surface area contributed by atoms with E-state index in [9.17, 15) is 0 Å². The molecular formula is C11H7IN4OS. The van der Waals surface area contributed by atoms with Crippen LogP contribution in [-0.2, 0) is 12.4 Å². The molecule has 0 saturated carbocycles. The van der Waals surface area contributed by atoms with Crippen LogP contribution in [0, 0.1) is 10.5 Å². The van der Waals surface area contributed by atoms with Crippen LogP contribution in [0.4, 0.5) is 11.4 Å². The van der Waals surface area contributed by atoms with Gasteiger partial charge in [-0.3, -0.25) is 0 Å². The molecule has 0 radical (unpaired) electrons. The van der Waals surface area contributed by atoms with Crippen molar-refractivity contribution < 1.29 is 4.63 Å². The summed E-state index contributed by atoms with van der Waals surface area (Å²) in [6.07, 6.45) is 0. The van der Waals surface area contributed by atoms with Crippen LogP contribution in [0.3, 0.4) is 0 Å². The van der Waals surface area contributed by atoms with E-state index in [0.29, 0.717) is 16.9 Å². The molecule has 0 saturated heterocycles. The summed E-state index contributed by atoms with van der Waals surface area (Å²) >= 11 is 6.94. The summed E-state index contributed by atoms with van der Waals surface area (Å²) < 4.78 is 9.55. The minimum absolute atomic E-state index is 0.572. The van der Waals surface area contributed by atoms with E-state index in [2.05, 4.69) is 37.3 Å². The van der Waals surface area contributed by atoms with Crippen molar-refractivity contribution in [1.82, 2.24) is 10.3 Å². The van der Waals surface area contributed by atoms with E-state index in [1.54, 1.807) is 0 Å². The van der Waals surface area contributed by atoms with Gasteiger partial charge in [-0.2, -0.15) is 4.36 Å². The van der Waals surface area contributed by atoms with Gasteiger partial charge in [0.15, 0.2) is 0 Å². The first-order valence-electron chi connectivity index (χ1n) is 5.10. The molecule has 7 heteroatoms. The van der Waals surface area contributed by atoms with Gasteiger partial charge in [0.2, 0.25) is 0 Å². The summed E-state index contributed by atoms with van der Waals surface area (Å²) in [5.74, 6) is 0. The second-order valence-electron chi connectivity index (χ2n) is 3.96. The Balaban J connectivity index is 2.61. The Morgan fingerprint density at radius 2 is 2.00 bits per heavy atom. The van der Waals surface area contributed by atoms with Gasteiger partial charge in [0.05, 0.1) is 5.69 Å². The maximum absolute atomic E-state index is 6.12. The highest BCUT2D eigenvalue weighted by Crippen LogP contribution is 2.38. The number of fused-ring (bicyclic) bond motifs is 3. The van der Waals surface area contributed by atoms with Gasteiger partial charge in [-0.15, -0.1) is 0 Å². The number of rotatable bonds is 1. The van der Waals surface area contributed by atoms with Crippen LogP contribution in [0.1, 0.15) is 5.56 Å². The van der Waals surface area contributed by atoms with Gasteiger partial charge in [-0.1, -0.05) is 0 Å². The van der Waals surface area contributed by atoms with Crippen molar-refractivity contribution in [3.8, 4) is 0 Å². The fourth-order valence-electron chi connectivity index (χ4n) is 2.04. The lowest BCUT2D eigenvalue weighted by Crippen LogP contribution is -1.92. The maximum Gasteiger partial charge on any atom is 0.149 e. The van der Waals surface area contributed by atoms with Crippen LogP contribution < -0.4 is 5.73 Å². The minimum atomic E-state index is 0.572. The monoisotopic (exact) mass is 370 g/mol. The highest BCUT2D eigenvalue weighted by molar-refractivity contribution is 14.1. The summed E-state index contributed by atoms with van der Waals surface area (Å²) in [7, 11) is 0. The molecule has 18 heavy (non-hydrogen) atoms. The van der Waals surface area contributed by atoms with Crippen LogP contribution in [0.2, 0.25) is 0 Å². The van der Waals surface area contributed by atoms with Crippen LogP contribution in [0.15, 0.2) is 21.1 Å². The molecule has 0 amide bonds. The Bertz CT molecular complexity index is 799. The van der Waals surface area contributed by atoms with Crippen LogP contribution in [-0.4, -0.2) is 10.3 Å². The molecule has 2 N–H and O–H groups in total. The zero-order valence-corrected chi connectivity index (χ0v) is 12.2. The molecule has 0 spiro atoms. The third-order valence-corrected chi connectivity index (χ3v) is 3.91. The second-order valence-corrected chi connectivity index (χ2v) is 5.31. The van der Waals surface area contributed by atoms with E-state index in [-0.39, 0.29) is 0 Å². The Morgan fingerprint density at radius 3 is 2.72 bits per heavy atom. The van der Waals surface area contributed by atoms with Crippen LogP contribution in [0.5, 0.6) is 0 Å². The second kappa shape index (κ2) is 4.09. The molecule has 2 aromatic carbocycles. The standard InChI is InChI=1S/C11H7IN4OS/c1-4-2-6-5(8(13)9(4)16-18)3-7(12)11-10(6)14-17-15-11/h2-3H,13H2,1H3. The van der Waals surface area contributed by atoms with Crippen molar-refractivity contribution in [2.75, 3.05) is 5.73 Å². The first-order valence-corrected chi connectivity index (χ1v) is 6.54. The van der Waals surface area contributed by atoms with Crippen molar-refractivity contribution in [3.63, 3.8) is 0 Å². The molecule has 3 aromatic rings. The molecule has 0 fully saturated rings. The van der Waals surface area contributed by atoms with Crippen molar-refractivity contribution in [2.45, 2.75) is 6.92 Å². The normalized spacial score (nSPS) is 11.2. The Labute approximate surface area is 121 Å². The molecular weight excluding hydrogens is 363 g/mol. The fourth-order valence-corrected chi connectivity index (χ4v) is 2.95. The SMILES string of the molecule is Cc1cc2c(cc(I)c3nonc32)c(N)c1N=S. The minimum Gasteiger partial charge on any atom is -0.396 e. The first kappa shape index (κ1) is 11.7. The van der Waals surface area contributed by atoms with Gasteiger partial charge < -0.3 is 5.73 Å². The summed E-state index contributed by atoms with van der Waals surface area (Å²) in [6.45, 7) is 1.91. The lowest BCUT2D eigenvalue weighted by molar-refractivity contribution is 0.315. The van der Waals surface area contributed by atoms with Crippen molar-refractivity contribution in [2.24, 2.45) is 4.36 Å². The molecule has 1 aromatic heterocycles. The number of hydrogen-bond acceptors (Lipinski definition) is 6. The number of hydrogen-bond donors (Lipinski definition) is 1. The topological polar surface area (TPSA) is 77.3 Å². The van der Waals surface area contributed by atoms with Crippen LogP contribution >= 0.6 is 22.6 Å². The molecule has 0 unspecified atom stereocenters. The largest absolute Gasteiger partial charge is 0.396 e. The Hall–Kier alpha value is -1.35. The number of aromatic nitrogens is 2. The summed E-state index contributed by atoms with van der Waals surface area (Å²) in [4.78, 5) is 0. The predicted molar refractivity (Wildman–Crippen MR) is 80.6 cm³/mol.